The lowest BCUT2D eigenvalue weighted by Gasteiger charge is -2.11. The Kier molecular flexibility index (Phi) is 5.45. The molecule has 0 unspecified atom stereocenters. The van der Waals surface area contributed by atoms with E-state index in [9.17, 15) is 4.79 Å². The highest BCUT2D eigenvalue weighted by Crippen LogP contribution is 2.21. The van der Waals surface area contributed by atoms with Crippen LogP contribution >= 0.6 is 11.6 Å². The van der Waals surface area contributed by atoms with Gasteiger partial charge < -0.3 is 10.1 Å². The quantitative estimate of drug-likeness (QED) is 0.848. The van der Waals surface area contributed by atoms with E-state index < -0.39 is 0 Å². The van der Waals surface area contributed by atoms with Crippen LogP contribution in [0.25, 0.3) is 0 Å². The van der Waals surface area contributed by atoms with Crippen molar-refractivity contribution in [1.29, 1.82) is 0 Å². The number of hydrogen-bond acceptors (Lipinski definition) is 2. The molecule has 1 amide bonds. The second-order valence-electron chi connectivity index (χ2n) is 5.64. The zero-order valence-electron chi connectivity index (χ0n) is 13.0. The SMILES string of the molecule is Cc1ccc(Cl)cc1NC(=O)c1ccc(OCC(C)C)cc1. The van der Waals surface area contributed by atoms with Gasteiger partial charge in [-0.05, 0) is 54.8 Å². The zero-order chi connectivity index (χ0) is 16.1. The van der Waals surface area contributed by atoms with E-state index in [2.05, 4.69) is 19.2 Å². The Morgan fingerprint density at radius 3 is 2.50 bits per heavy atom. The van der Waals surface area contributed by atoms with Crippen LogP contribution in [0.5, 0.6) is 5.75 Å². The second kappa shape index (κ2) is 7.32. The monoisotopic (exact) mass is 317 g/mol. The summed E-state index contributed by atoms with van der Waals surface area (Å²) in [5, 5.41) is 3.47. The molecule has 0 aliphatic rings. The first kappa shape index (κ1) is 16.4. The summed E-state index contributed by atoms with van der Waals surface area (Å²) in [7, 11) is 0. The van der Waals surface area contributed by atoms with Gasteiger partial charge in [-0.3, -0.25) is 4.79 Å². The predicted octanol–water partition coefficient (Wildman–Crippen LogP) is 4.94. The van der Waals surface area contributed by atoms with Gasteiger partial charge in [0.1, 0.15) is 5.75 Å². The number of nitrogens with one attached hydrogen (secondary N) is 1. The van der Waals surface area contributed by atoms with E-state index in [1.54, 1.807) is 24.3 Å². The number of halogens is 1. The minimum Gasteiger partial charge on any atom is -0.493 e. The highest BCUT2D eigenvalue weighted by Gasteiger charge is 2.08. The molecule has 2 aromatic rings. The Bertz CT molecular complexity index is 651. The topological polar surface area (TPSA) is 38.3 Å². The van der Waals surface area contributed by atoms with Crippen LogP contribution in [-0.2, 0) is 0 Å². The molecule has 0 aliphatic carbocycles. The van der Waals surface area contributed by atoms with Crippen molar-refractivity contribution >= 4 is 23.2 Å². The van der Waals surface area contributed by atoms with Gasteiger partial charge in [0.2, 0.25) is 0 Å². The molecule has 4 heteroatoms. The van der Waals surface area contributed by atoms with Crippen molar-refractivity contribution in [3.8, 4) is 5.75 Å². The third-order valence-corrected chi connectivity index (χ3v) is 3.38. The van der Waals surface area contributed by atoms with E-state index in [0.29, 0.717) is 23.1 Å². The molecular formula is C18H20ClNO2. The Labute approximate surface area is 136 Å². The first-order valence-corrected chi connectivity index (χ1v) is 7.64. The lowest BCUT2D eigenvalue weighted by atomic mass is 10.1. The molecule has 22 heavy (non-hydrogen) atoms. The number of anilines is 1. The summed E-state index contributed by atoms with van der Waals surface area (Å²) < 4.78 is 5.61. The third kappa shape index (κ3) is 4.50. The average molecular weight is 318 g/mol. The molecule has 0 atom stereocenters. The fourth-order valence-corrected chi connectivity index (χ4v) is 2.06. The van der Waals surface area contributed by atoms with Gasteiger partial charge in [-0.2, -0.15) is 0 Å². The normalized spacial score (nSPS) is 10.6. The van der Waals surface area contributed by atoms with Crippen LogP contribution in [0.1, 0.15) is 29.8 Å². The van der Waals surface area contributed by atoms with Crippen molar-refractivity contribution in [2.75, 3.05) is 11.9 Å². The molecule has 3 nitrogen and oxygen atoms in total. The number of ether oxygens (including phenoxy) is 1. The van der Waals surface area contributed by atoms with E-state index in [4.69, 9.17) is 16.3 Å². The van der Waals surface area contributed by atoms with Crippen molar-refractivity contribution in [2.45, 2.75) is 20.8 Å². The maximum atomic E-state index is 12.3. The molecule has 1 N–H and O–H groups in total. The van der Waals surface area contributed by atoms with Crippen LogP contribution in [0.4, 0.5) is 5.69 Å². The van der Waals surface area contributed by atoms with E-state index in [1.165, 1.54) is 0 Å². The largest absolute Gasteiger partial charge is 0.493 e. The third-order valence-electron chi connectivity index (χ3n) is 3.15. The highest BCUT2D eigenvalue weighted by molar-refractivity contribution is 6.31. The van der Waals surface area contributed by atoms with Gasteiger partial charge in [-0.1, -0.05) is 31.5 Å². The van der Waals surface area contributed by atoms with Crippen molar-refractivity contribution < 1.29 is 9.53 Å². The second-order valence-corrected chi connectivity index (χ2v) is 6.08. The van der Waals surface area contributed by atoms with Crippen LogP contribution in [0.15, 0.2) is 42.5 Å². The molecule has 2 rings (SSSR count). The van der Waals surface area contributed by atoms with E-state index in [-0.39, 0.29) is 5.91 Å². The Hall–Kier alpha value is -2.00. The molecule has 0 bridgehead atoms. The van der Waals surface area contributed by atoms with Crippen LogP contribution < -0.4 is 10.1 Å². The number of amides is 1. The molecule has 0 heterocycles. The molecule has 0 aromatic heterocycles. The molecule has 0 aliphatic heterocycles. The standard InChI is InChI=1S/C18H20ClNO2/c1-12(2)11-22-16-8-5-14(6-9-16)18(21)20-17-10-15(19)7-4-13(17)3/h4-10,12H,11H2,1-3H3,(H,20,21). The van der Waals surface area contributed by atoms with E-state index >= 15 is 0 Å². The lowest BCUT2D eigenvalue weighted by molar-refractivity contribution is 0.102. The average Bonchev–Trinajstić information content (AvgIpc) is 2.49. The van der Waals surface area contributed by atoms with E-state index in [1.807, 2.05) is 25.1 Å². The van der Waals surface area contributed by atoms with Crippen LogP contribution in [-0.4, -0.2) is 12.5 Å². The van der Waals surface area contributed by atoms with Gasteiger partial charge in [0.25, 0.3) is 5.91 Å². The molecule has 0 saturated heterocycles. The number of hydrogen-bond donors (Lipinski definition) is 1. The Morgan fingerprint density at radius 2 is 1.86 bits per heavy atom. The zero-order valence-corrected chi connectivity index (χ0v) is 13.8. The van der Waals surface area contributed by atoms with Crippen molar-refractivity contribution in [3.63, 3.8) is 0 Å². The fraction of sp³-hybridized carbons (Fsp3) is 0.278. The van der Waals surface area contributed by atoms with Crippen LogP contribution in [0, 0.1) is 12.8 Å². The minimum absolute atomic E-state index is 0.166. The van der Waals surface area contributed by atoms with Crippen molar-refractivity contribution in [2.24, 2.45) is 5.92 Å². The summed E-state index contributed by atoms with van der Waals surface area (Å²) in [6.45, 7) is 6.77. The summed E-state index contributed by atoms with van der Waals surface area (Å²) in [6.07, 6.45) is 0. The van der Waals surface area contributed by atoms with Gasteiger partial charge >= 0.3 is 0 Å². The fourth-order valence-electron chi connectivity index (χ4n) is 1.89. The minimum atomic E-state index is -0.166. The lowest BCUT2D eigenvalue weighted by Crippen LogP contribution is -2.12. The van der Waals surface area contributed by atoms with Crippen molar-refractivity contribution in [3.05, 3.63) is 58.6 Å². The number of carbonyl (C=O) groups excluding carboxylic acids is 1. The summed E-state index contributed by atoms with van der Waals surface area (Å²) in [5.41, 5.74) is 2.27. The maximum absolute atomic E-state index is 12.3. The maximum Gasteiger partial charge on any atom is 0.255 e. The molecule has 116 valence electrons. The number of carbonyl (C=O) groups is 1. The summed E-state index contributed by atoms with van der Waals surface area (Å²) in [4.78, 5) is 12.3. The molecule has 0 radical (unpaired) electrons. The van der Waals surface area contributed by atoms with Crippen molar-refractivity contribution in [1.82, 2.24) is 0 Å². The van der Waals surface area contributed by atoms with Gasteiger partial charge in [0.05, 0.1) is 6.61 Å². The van der Waals surface area contributed by atoms with Gasteiger partial charge in [-0.25, -0.2) is 0 Å². The number of aryl methyl sites for hydroxylation is 1. The number of benzene rings is 2. The first-order chi connectivity index (χ1) is 10.5. The van der Waals surface area contributed by atoms with E-state index in [0.717, 1.165) is 17.0 Å². The first-order valence-electron chi connectivity index (χ1n) is 7.26. The molecule has 0 saturated carbocycles. The summed E-state index contributed by atoms with van der Waals surface area (Å²) >= 11 is 5.96. The molecular weight excluding hydrogens is 298 g/mol. The van der Waals surface area contributed by atoms with Crippen LogP contribution in [0.3, 0.4) is 0 Å². The molecule has 0 fully saturated rings. The predicted molar refractivity (Wildman–Crippen MR) is 90.9 cm³/mol. The van der Waals surface area contributed by atoms with Crippen LogP contribution in [0.2, 0.25) is 5.02 Å². The molecule has 2 aromatic carbocycles. The Balaban J connectivity index is 2.05. The molecule has 0 spiro atoms. The number of rotatable bonds is 5. The smallest absolute Gasteiger partial charge is 0.255 e. The van der Waals surface area contributed by atoms with Gasteiger partial charge in [0, 0.05) is 16.3 Å². The Morgan fingerprint density at radius 1 is 1.18 bits per heavy atom. The highest BCUT2D eigenvalue weighted by atomic mass is 35.5. The van der Waals surface area contributed by atoms with Gasteiger partial charge in [0.15, 0.2) is 0 Å². The summed E-state index contributed by atoms with van der Waals surface area (Å²) in [6, 6.07) is 12.5. The van der Waals surface area contributed by atoms with Gasteiger partial charge in [-0.15, -0.1) is 0 Å². The summed E-state index contributed by atoms with van der Waals surface area (Å²) in [5.74, 6) is 1.07.